The van der Waals surface area contributed by atoms with Gasteiger partial charge < -0.3 is 0 Å². The third kappa shape index (κ3) is 1.10. The highest BCUT2D eigenvalue weighted by Gasteiger charge is 2.45. The first-order valence-corrected chi connectivity index (χ1v) is 7.39. The van der Waals surface area contributed by atoms with Gasteiger partial charge in [0.25, 0.3) is 0 Å². The predicted molar refractivity (Wildman–Crippen MR) is 64.6 cm³/mol. The van der Waals surface area contributed by atoms with Gasteiger partial charge in [-0.15, -0.1) is 0 Å². The van der Waals surface area contributed by atoms with Crippen LogP contribution in [0.5, 0.6) is 0 Å². The number of rotatable bonds is 1. The number of hydrogen-bond acceptors (Lipinski definition) is 4. The smallest absolute Gasteiger partial charge is 0.258 e. The fourth-order valence-corrected chi connectivity index (χ4v) is 4.66. The van der Waals surface area contributed by atoms with Crippen LogP contribution in [0, 0.1) is 17.0 Å². The quantitative estimate of drug-likeness (QED) is 0.313. The minimum atomic E-state index is -2.22. The van der Waals surface area contributed by atoms with Gasteiger partial charge in [0.05, 0.1) is 4.92 Å². The van der Waals surface area contributed by atoms with Crippen LogP contribution in [0.2, 0.25) is 0 Å². The summed E-state index contributed by atoms with van der Waals surface area (Å²) >= 11 is 0. The van der Waals surface area contributed by atoms with Crippen LogP contribution in [0.4, 0.5) is 5.69 Å². The van der Waals surface area contributed by atoms with Gasteiger partial charge in [-0.05, 0) is 13.0 Å². The Morgan fingerprint density at radius 1 is 1.44 bits per heavy atom. The average molecular weight is 237 g/mol. The van der Waals surface area contributed by atoms with Crippen LogP contribution in [-0.4, -0.2) is 22.3 Å². The Kier molecular flexibility index (Phi) is 1.45. The number of nitro benzene ring substituents is 1. The second-order valence-corrected chi connectivity index (χ2v) is 8.53. The summed E-state index contributed by atoms with van der Waals surface area (Å²) in [6.07, 6.45) is 0. The molecule has 5 nitrogen and oxygen atoms in total. The number of nitro groups is 1. The monoisotopic (exact) mass is 237 g/mol. The van der Waals surface area contributed by atoms with Crippen molar-refractivity contribution in [2.24, 2.45) is 8.80 Å². The van der Waals surface area contributed by atoms with E-state index in [0.717, 1.165) is 11.5 Å². The molecule has 0 radical (unpaired) electrons. The van der Waals surface area contributed by atoms with Gasteiger partial charge >= 0.3 is 5.69 Å². The predicted octanol–water partition coefficient (Wildman–Crippen LogP) is 0.772. The van der Waals surface area contributed by atoms with Gasteiger partial charge in [-0.25, -0.2) is 8.80 Å². The van der Waals surface area contributed by atoms with Crippen molar-refractivity contribution in [3.8, 4) is 0 Å². The molecule has 0 N–H and O–H groups in total. The molecule has 1 aromatic carbocycles. The molecule has 16 heavy (non-hydrogen) atoms. The third-order valence-corrected chi connectivity index (χ3v) is 6.06. The highest BCUT2D eigenvalue weighted by molar-refractivity contribution is 8.49. The normalized spacial score (nSPS) is 24.7. The number of benzene rings is 1. The molecule has 1 spiro atoms. The number of hydrogen-bond donors (Lipinski definition) is 0. The first-order chi connectivity index (χ1) is 7.41. The van der Waals surface area contributed by atoms with Crippen LogP contribution in [-0.2, 0) is 0 Å². The molecular weight excluding hydrogens is 226 g/mol. The van der Waals surface area contributed by atoms with E-state index in [0.29, 0.717) is 16.3 Å². The molecule has 1 fully saturated rings. The first kappa shape index (κ1) is 9.65. The molecule has 0 amide bonds. The Morgan fingerprint density at radius 3 is 2.69 bits per heavy atom. The molecule has 2 heterocycles. The van der Waals surface area contributed by atoms with Gasteiger partial charge in [-0.1, -0.05) is 21.1 Å². The number of nitrogens with zero attached hydrogens (tertiary/aromatic N) is 3. The van der Waals surface area contributed by atoms with E-state index in [9.17, 15) is 10.1 Å². The van der Waals surface area contributed by atoms with Crippen molar-refractivity contribution in [3.63, 3.8) is 0 Å². The molecule has 0 unspecified atom stereocenters. The summed E-state index contributed by atoms with van der Waals surface area (Å²) in [5, 5.41) is 12.1. The Bertz CT molecular complexity index is 712. The lowest BCUT2D eigenvalue weighted by molar-refractivity contribution is -0.386. The van der Waals surface area contributed by atoms with E-state index in [1.807, 2.05) is 0 Å². The molecule has 2 aliphatic heterocycles. The summed E-state index contributed by atoms with van der Waals surface area (Å²) < 4.78 is 9.04. The lowest BCUT2D eigenvalue weighted by Gasteiger charge is -2.12. The average Bonchev–Trinajstić information content (AvgIpc) is 2.72. The highest BCUT2D eigenvalue weighted by Crippen LogP contribution is 2.72. The summed E-state index contributed by atoms with van der Waals surface area (Å²) in [5.41, 5.74) is 0.722. The number of fused-ring (bicyclic) bond motifs is 1. The Labute approximate surface area is 91.8 Å². The van der Waals surface area contributed by atoms with Crippen molar-refractivity contribution in [1.82, 2.24) is 0 Å². The topological polar surface area (TPSA) is 67.9 Å². The van der Waals surface area contributed by atoms with Crippen molar-refractivity contribution in [2.75, 3.05) is 11.5 Å². The molecule has 1 saturated heterocycles. The van der Waals surface area contributed by atoms with Crippen molar-refractivity contribution >= 4 is 20.7 Å². The van der Waals surface area contributed by atoms with Gasteiger partial charge in [0, 0.05) is 17.1 Å². The van der Waals surface area contributed by atoms with Gasteiger partial charge in [-0.2, -0.15) is 0 Å². The Hall–Kier alpha value is -1.56. The Balaban J connectivity index is 2.48. The van der Waals surface area contributed by atoms with E-state index in [4.69, 9.17) is 0 Å². The van der Waals surface area contributed by atoms with E-state index in [1.165, 1.54) is 0 Å². The second-order valence-electron chi connectivity index (χ2n) is 4.42. The molecule has 6 heteroatoms. The lowest BCUT2D eigenvalue weighted by Crippen LogP contribution is -2.25. The molecular formula is C10H11N3O2S. The molecule has 0 bridgehead atoms. The van der Waals surface area contributed by atoms with Gasteiger partial charge in [0.2, 0.25) is 0 Å². The number of aryl methyl sites for hydroxylation is 1. The van der Waals surface area contributed by atoms with Gasteiger partial charge in [-0.3, -0.25) is 10.1 Å². The molecule has 3 rings (SSSR count). The second kappa shape index (κ2) is 2.40. The minimum Gasteiger partial charge on any atom is -0.258 e. The standard InChI is InChI=1S/C10H11N3O2S/c1-7-3-4-8-9(10(7)13(14)15)12-16(2,11-8)5-6-16/h3-4H,2,5-6H2,1H3. The highest BCUT2D eigenvalue weighted by atomic mass is 32.3. The third-order valence-electron chi connectivity index (χ3n) is 3.03. The van der Waals surface area contributed by atoms with Crippen molar-refractivity contribution in [3.05, 3.63) is 38.5 Å². The molecule has 0 aromatic heterocycles. The summed E-state index contributed by atoms with van der Waals surface area (Å²) in [6, 6.07) is 3.53. The maximum absolute atomic E-state index is 11.0. The molecule has 0 aliphatic carbocycles. The van der Waals surface area contributed by atoms with E-state index in [1.54, 1.807) is 19.1 Å². The van der Waals surface area contributed by atoms with Crippen molar-refractivity contribution in [1.29, 1.82) is 0 Å². The zero-order valence-electron chi connectivity index (χ0n) is 8.84. The van der Waals surface area contributed by atoms with Crippen molar-refractivity contribution < 1.29 is 4.92 Å². The van der Waals surface area contributed by atoms with E-state index in [2.05, 4.69) is 14.7 Å². The molecule has 84 valence electrons. The van der Waals surface area contributed by atoms with Gasteiger partial charge in [0.15, 0.2) is 5.36 Å². The summed E-state index contributed by atoms with van der Waals surface area (Å²) in [6.45, 7) is 1.72. The van der Waals surface area contributed by atoms with Crippen molar-refractivity contribution in [2.45, 2.75) is 6.92 Å². The Morgan fingerprint density at radius 2 is 2.12 bits per heavy atom. The van der Waals surface area contributed by atoms with Crippen LogP contribution in [0.15, 0.2) is 20.9 Å². The first-order valence-electron chi connectivity index (χ1n) is 4.93. The zero-order valence-corrected chi connectivity index (χ0v) is 9.66. The SMILES string of the molecule is C=S12(CC1)N=c1ccc(C)c([N+](=O)[O-])c1=N2. The van der Waals surface area contributed by atoms with Crippen LogP contribution in [0.25, 0.3) is 0 Å². The van der Waals surface area contributed by atoms with Crippen LogP contribution in [0.3, 0.4) is 0 Å². The summed E-state index contributed by atoms with van der Waals surface area (Å²) in [7, 11) is -2.22. The van der Waals surface area contributed by atoms with Crippen LogP contribution < -0.4 is 10.7 Å². The van der Waals surface area contributed by atoms with Crippen LogP contribution in [0.1, 0.15) is 5.56 Å². The summed E-state index contributed by atoms with van der Waals surface area (Å²) in [5.74, 6) is 5.86. The lowest BCUT2D eigenvalue weighted by atomic mass is 10.2. The van der Waals surface area contributed by atoms with Gasteiger partial charge in [0.1, 0.15) is 5.36 Å². The molecule has 2 aliphatic rings. The largest absolute Gasteiger partial charge is 0.300 e. The fraction of sp³-hybridized carbons (Fsp3) is 0.300. The fourth-order valence-electron chi connectivity index (χ4n) is 1.89. The van der Waals surface area contributed by atoms with E-state index in [-0.39, 0.29) is 10.6 Å². The maximum Gasteiger partial charge on any atom is 0.300 e. The zero-order chi connectivity index (χ0) is 11.6. The van der Waals surface area contributed by atoms with E-state index < -0.39 is 9.12 Å². The molecule has 0 saturated carbocycles. The molecule has 1 aromatic rings. The van der Waals surface area contributed by atoms with Crippen LogP contribution >= 0.6 is 9.12 Å². The summed E-state index contributed by atoms with van der Waals surface area (Å²) in [4.78, 5) is 10.6. The minimum absolute atomic E-state index is 0.0901. The molecule has 0 atom stereocenters. The van der Waals surface area contributed by atoms with E-state index >= 15 is 0 Å². The maximum atomic E-state index is 11.0.